The molecule has 0 saturated carbocycles. The predicted molar refractivity (Wildman–Crippen MR) is 104 cm³/mol. The van der Waals surface area contributed by atoms with Crippen molar-refractivity contribution in [3.8, 4) is 0 Å². The molecule has 0 saturated heterocycles. The molecule has 0 aliphatic heterocycles. The average molecular weight is 351 g/mol. The third-order valence-corrected chi connectivity index (χ3v) is 4.47. The number of carbonyl (C=O) groups excluding carboxylic acids is 1. The number of carbonyl (C=O) groups is 1. The smallest absolute Gasteiger partial charge is 0.258 e. The highest BCUT2D eigenvalue weighted by atomic mass is 19.1. The van der Waals surface area contributed by atoms with Gasteiger partial charge >= 0.3 is 0 Å². The van der Waals surface area contributed by atoms with E-state index in [9.17, 15) is 9.18 Å². The second kappa shape index (κ2) is 7.52. The molecule has 1 heterocycles. The molecule has 0 aliphatic rings. The predicted octanol–water partition coefficient (Wildman–Crippen LogP) is 4.78. The van der Waals surface area contributed by atoms with Crippen LogP contribution in [0.3, 0.4) is 0 Å². The van der Waals surface area contributed by atoms with E-state index in [1.165, 1.54) is 12.1 Å². The molecule has 0 unspecified atom stereocenters. The van der Waals surface area contributed by atoms with Gasteiger partial charge in [0.05, 0.1) is 11.1 Å². The maximum absolute atomic E-state index is 13.8. The minimum Gasteiger partial charge on any atom is -0.357 e. The Kier molecular flexibility index (Phi) is 5.16. The molecule has 134 valence electrons. The second-order valence-electron chi connectivity index (χ2n) is 6.14. The molecule has 0 aliphatic carbocycles. The maximum Gasteiger partial charge on any atom is 0.258 e. The van der Waals surface area contributed by atoms with E-state index >= 15 is 0 Å². The van der Waals surface area contributed by atoms with Gasteiger partial charge in [-0.05, 0) is 62.7 Å². The fourth-order valence-electron chi connectivity index (χ4n) is 3.01. The van der Waals surface area contributed by atoms with Crippen molar-refractivity contribution in [2.45, 2.75) is 20.8 Å². The van der Waals surface area contributed by atoms with E-state index in [4.69, 9.17) is 4.98 Å². The molecule has 26 heavy (non-hydrogen) atoms. The lowest BCUT2D eigenvalue weighted by Gasteiger charge is -2.21. The second-order valence-corrected chi connectivity index (χ2v) is 6.14. The number of halogens is 1. The van der Waals surface area contributed by atoms with Crippen molar-refractivity contribution in [2.24, 2.45) is 0 Å². The number of hydrogen-bond acceptors (Lipinski definition) is 3. The Hall–Kier alpha value is -2.95. The summed E-state index contributed by atoms with van der Waals surface area (Å²) >= 11 is 0. The van der Waals surface area contributed by atoms with E-state index < -0.39 is 11.7 Å². The molecule has 0 bridgehead atoms. The van der Waals surface area contributed by atoms with Gasteiger partial charge in [0.2, 0.25) is 0 Å². The van der Waals surface area contributed by atoms with Crippen LogP contribution in [0.4, 0.5) is 15.9 Å². The lowest BCUT2D eigenvalue weighted by Crippen LogP contribution is -2.23. The summed E-state index contributed by atoms with van der Waals surface area (Å²) < 4.78 is 13.8. The van der Waals surface area contributed by atoms with E-state index in [0.29, 0.717) is 5.69 Å². The van der Waals surface area contributed by atoms with Gasteiger partial charge in [-0.2, -0.15) is 0 Å². The first-order chi connectivity index (χ1) is 12.5. The Bertz CT molecular complexity index is 951. The third-order valence-electron chi connectivity index (χ3n) is 4.47. The molecular weight excluding hydrogens is 329 g/mol. The van der Waals surface area contributed by atoms with Crippen LogP contribution in [-0.2, 0) is 0 Å². The summed E-state index contributed by atoms with van der Waals surface area (Å²) in [7, 11) is 0. The molecule has 5 heteroatoms. The monoisotopic (exact) mass is 351 g/mol. The molecule has 1 amide bonds. The van der Waals surface area contributed by atoms with Crippen LogP contribution in [0.2, 0.25) is 0 Å². The number of amides is 1. The van der Waals surface area contributed by atoms with Gasteiger partial charge in [0, 0.05) is 24.2 Å². The number of fused-ring (bicyclic) bond motifs is 1. The number of aryl methyl sites for hydroxylation is 1. The summed E-state index contributed by atoms with van der Waals surface area (Å²) in [4.78, 5) is 19.2. The number of nitrogens with one attached hydrogen (secondary N) is 1. The molecule has 0 spiro atoms. The van der Waals surface area contributed by atoms with Gasteiger partial charge in [0.25, 0.3) is 5.91 Å². The Morgan fingerprint density at radius 2 is 1.85 bits per heavy atom. The van der Waals surface area contributed by atoms with Gasteiger partial charge in [-0.25, -0.2) is 9.37 Å². The molecule has 0 fully saturated rings. The summed E-state index contributed by atoms with van der Waals surface area (Å²) in [6, 6.07) is 13.5. The largest absolute Gasteiger partial charge is 0.357 e. The van der Waals surface area contributed by atoms with Crippen molar-refractivity contribution in [1.29, 1.82) is 0 Å². The first-order valence-electron chi connectivity index (χ1n) is 8.75. The first-order valence-corrected chi connectivity index (χ1v) is 8.75. The molecule has 1 aromatic heterocycles. The van der Waals surface area contributed by atoms with Crippen molar-refractivity contribution in [3.05, 3.63) is 65.5 Å². The zero-order valence-corrected chi connectivity index (χ0v) is 15.2. The van der Waals surface area contributed by atoms with Crippen LogP contribution < -0.4 is 10.2 Å². The highest BCUT2D eigenvalue weighted by Crippen LogP contribution is 2.25. The van der Waals surface area contributed by atoms with Gasteiger partial charge in [0.1, 0.15) is 11.6 Å². The van der Waals surface area contributed by atoms with Crippen LogP contribution in [0.25, 0.3) is 10.9 Å². The third kappa shape index (κ3) is 3.52. The van der Waals surface area contributed by atoms with E-state index in [-0.39, 0.29) is 5.56 Å². The summed E-state index contributed by atoms with van der Waals surface area (Å²) in [6.07, 6.45) is 0. The minimum atomic E-state index is -0.535. The molecule has 1 N–H and O–H groups in total. The number of benzene rings is 2. The molecule has 4 nitrogen and oxygen atoms in total. The van der Waals surface area contributed by atoms with E-state index in [0.717, 1.165) is 35.4 Å². The number of pyridine rings is 1. The fraction of sp³-hybridized carbons (Fsp3) is 0.238. The molecule has 0 atom stereocenters. The summed E-state index contributed by atoms with van der Waals surface area (Å²) in [5, 5.41) is 3.73. The van der Waals surface area contributed by atoms with E-state index in [1.807, 2.05) is 19.1 Å². The van der Waals surface area contributed by atoms with Crippen molar-refractivity contribution < 1.29 is 9.18 Å². The lowest BCUT2D eigenvalue weighted by molar-refractivity contribution is 0.102. The SMILES string of the molecule is CCN(CC)c1cc(C)c2cc(NC(=O)c3ccccc3F)ccc2n1. The Morgan fingerprint density at radius 1 is 1.12 bits per heavy atom. The van der Waals surface area contributed by atoms with Crippen molar-refractivity contribution in [3.63, 3.8) is 0 Å². The average Bonchev–Trinajstić information content (AvgIpc) is 2.63. The highest BCUT2D eigenvalue weighted by Gasteiger charge is 2.12. The zero-order chi connectivity index (χ0) is 18.7. The van der Waals surface area contributed by atoms with E-state index in [1.54, 1.807) is 18.2 Å². The van der Waals surface area contributed by atoms with Gasteiger partial charge in [-0.15, -0.1) is 0 Å². The number of hydrogen-bond donors (Lipinski definition) is 1. The van der Waals surface area contributed by atoms with Crippen molar-refractivity contribution in [1.82, 2.24) is 4.98 Å². The summed E-state index contributed by atoms with van der Waals surface area (Å²) in [6.45, 7) is 8.02. The van der Waals surface area contributed by atoms with Gasteiger partial charge in [0.15, 0.2) is 0 Å². The number of anilines is 2. The molecule has 3 rings (SSSR count). The molecule has 2 aromatic carbocycles. The van der Waals surface area contributed by atoms with E-state index in [2.05, 4.69) is 30.1 Å². The molecule has 0 radical (unpaired) electrons. The lowest BCUT2D eigenvalue weighted by atomic mass is 10.1. The van der Waals surface area contributed by atoms with Crippen LogP contribution in [0.1, 0.15) is 29.8 Å². The van der Waals surface area contributed by atoms with Crippen LogP contribution in [0.15, 0.2) is 48.5 Å². The Balaban J connectivity index is 1.92. The van der Waals surface area contributed by atoms with Crippen LogP contribution in [0, 0.1) is 12.7 Å². The maximum atomic E-state index is 13.8. The minimum absolute atomic E-state index is 0.0272. The molecular formula is C21H22FN3O. The first kappa shape index (κ1) is 17.9. The molecule has 3 aromatic rings. The van der Waals surface area contributed by atoms with Gasteiger partial charge in [-0.3, -0.25) is 4.79 Å². The van der Waals surface area contributed by atoms with Crippen molar-refractivity contribution >= 4 is 28.3 Å². The highest BCUT2D eigenvalue weighted by molar-refractivity contribution is 6.05. The fourth-order valence-corrected chi connectivity index (χ4v) is 3.01. The number of rotatable bonds is 5. The van der Waals surface area contributed by atoms with Gasteiger partial charge < -0.3 is 10.2 Å². The van der Waals surface area contributed by atoms with Crippen LogP contribution >= 0.6 is 0 Å². The summed E-state index contributed by atoms with van der Waals surface area (Å²) in [5.41, 5.74) is 2.60. The Labute approximate surface area is 152 Å². The topological polar surface area (TPSA) is 45.2 Å². The van der Waals surface area contributed by atoms with Crippen molar-refractivity contribution in [2.75, 3.05) is 23.3 Å². The zero-order valence-electron chi connectivity index (χ0n) is 15.2. The quantitative estimate of drug-likeness (QED) is 0.719. The number of nitrogens with zero attached hydrogens (tertiary/aromatic N) is 2. The summed E-state index contributed by atoms with van der Waals surface area (Å²) in [5.74, 6) is -0.0523. The van der Waals surface area contributed by atoms with Gasteiger partial charge in [-0.1, -0.05) is 12.1 Å². The van der Waals surface area contributed by atoms with Crippen LogP contribution in [-0.4, -0.2) is 24.0 Å². The normalized spacial score (nSPS) is 10.8. The Morgan fingerprint density at radius 3 is 2.54 bits per heavy atom. The standard InChI is InChI=1S/C21H22FN3O/c1-4-25(5-2)20-12-14(3)17-13-15(10-11-19(17)24-20)23-21(26)16-8-6-7-9-18(16)22/h6-13H,4-5H2,1-3H3,(H,23,26). The number of aromatic nitrogens is 1. The van der Waals surface area contributed by atoms with Crippen LogP contribution in [0.5, 0.6) is 0 Å².